The molecule has 0 radical (unpaired) electrons. The molecule has 0 spiro atoms. The Morgan fingerprint density at radius 3 is 2.86 bits per heavy atom. The number of aliphatic hydroxyl groups is 1. The highest BCUT2D eigenvalue weighted by molar-refractivity contribution is 5.78. The number of carbonyl (C=O) groups is 1. The number of amides is 1. The van der Waals surface area contributed by atoms with E-state index < -0.39 is 6.10 Å². The van der Waals surface area contributed by atoms with Crippen molar-refractivity contribution in [1.82, 2.24) is 25.3 Å². The van der Waals surface area contributed by atoms with E-state index in [4.69, 9.17) is 0 Å². The van der Waals surface area contributed by atoms with Crippen LogP contribution >= 0.6 is 0 Å². The second-order valence-electron chi connectivity index (χ2n) is 6.39. The first-order valence-electron chi connectivity index (χ1n) is 8.09. The molecule has 3 rings (SSSR count). The highest BCUT2D eigenvalue weighted by atomic mass is 16.3. The number of hydrogen-bond acceptors (Lipinski definition) is 5. The van der Waals surface area contributed by atoms with E-state index in [9.17, 15) is 9.90 Å². The van der Waals surface area contributed by atoms with Crippen molar-refractivity contribution >= 4 is 5.91 Å². The third-order valence-corrected chi connectivity index (χ3v) is 4.25. The number of carbonyl (C=O) groups excluding carboxylic acids is 1. The summed E-state index contributed by atoms with van der Waals surface area (Å²) < 4.78 is 0. The van der Waals surface area contributed by atoms with Crippen LogP contribution in [-0.2, 0) is 11.2 Å². The Hall–Kier alpha value is -1.44. The largest absolute Gasteiger partial charge is 0.390 e. The topological polar surface area (TPSA) is 84.5 Å². The quantitative estimate of drug-likeness (QED) is 0.641. The van der Waals surface area contributed by atoms with Crippen LogP contribution in [0.3, 0.4) is 0 Å². The van der Waals surface area contributed by atoms with Gasteiger partial charge in [0.05, 0.1) is 18.8 Å². The number of aliphatic hydroxyl groups excluding tert-OH is 1. The number of β-amino-alcohol motifs (C(OH)–C–C–N with tert-alkyl or cyclic N) is 1. The van der Waals surface area contributed by atoms with Crippen LogP contribution < -0.4 is 5.32 Å². The average molecular weight is 307 g/mol. The molecule has 0 bridgehead atoms. The minimum absolute atomic E-state index is 0.0848. The van der Waals surface area contributed by atoms with Gasteiger partial charge in [0.2, 0.25) is 5.91 Å². The van der Waals surface area contributed by atoms with Gasteiger partial charge in [-0.05, 0) is 24.8 Å². The molecule has 2 aliphatic rings. The number of rotatable bonds is 6. The molecule has 1 aromatic rings. The van der Waals surface area contributed by atoms with Gasteiger partial charge >= 0.3 is 0 Å². The Balaban J connectivity index is 1.43. The third-order valence-electron chi connectivity index (χ3n) is 4.25. The van der Waals surface area contributed by atoms with Crippen LogP contribution in [0.4, 0.5) is 0 Å². The van der Waals surface area contributed by atoms with Gasteiger partial charge in [0.15, 0.2) is 0 Å². The molecular formula is C15H25N5O2. The first-order valence-corrected chi connectivity index (χ1v) is 8.09. The highest BCUT2D eigenvalue weighted by Crippen LogP contribution is 2.18. The number of hydrogen-bond donors (Lipinski definition) is 3. The van der Waals surface area contributed by atoms with Gasteiger partial charge in [0.1, 0.15) is 0 Å². The molecule has 0 aromatic carbocycles. The SMILES string of the molecule is O=C(CN1CCN(CCc2cn[nH]c2)CC(O)C1)NC1CC1. The Labute approximate surface area is 130 Å². The lowest BCUT2D eigenvalue weighted by molar-refractivity contribution is -0.122. The van der Waals surface area contributed by atoms with Crippen molar-refractivity contribution < 1.29 is 9.90 Å². The molecule has 1 aliphatic heterocycles. The molecule has 1 atom stereocenters. The zero-order valence-electron chi connectivity index (χ0n) is 12.9. The van der Waals surface area contributed by atoms with Gasteiger partial charge in [-0.2, -0.15) is 5.10 Å². The normalized spacial score (nSPS) is 24.1. The summed E-state index contributed by atoms with van der Waals surface area (Å²) in [5.74, 6) is 0.0848. The van der Waals surface area contributed by atoms with Crippen molar-refractivity contribution in [3.05, 3.63) is 18.0 Å². The number of nitrogens with zero attached hydrogens (tertiary/aromatic N) is 3. The van der Waals surface area contributed by atoms with Crippen molar-refractivity contribution in [3.63, 3.8) is 0 Å². The molecule has 7 nitrogen and oxygen atoms in total. The maximum Gasteiger partial charge on any atom is 0.234 e. The number of aromatic nitrogens is 2. The minimum Gasteiger partial charge on any atom is -0.390 e. The summed E-state index contributed by atoms with van der Waals surface area (Å²) in [6, 6.07) is 0.399. The van der Waals surface area contributed by atoms with E-state index in [0.717, 1.165) is 38.9 Å². The second kappa shape index (κ2) is 7.21. The molecule has 2 fully saturated rings. The molecule has 7 heteroatoms. The fourth-order valence-corrected chi connectivity index (χ4v) is 2.87. The van der Waals surface area contributed by atoms with Crippen molar-refractivity contribution in [1.29, 1.82) is 0 Å². The van der Waals surface area contributed by atoms with Crippen LogP contribution in [0.2, 0.25) is 0 Å². The maximum absolute atomic E-state index is 11.9. The molecule has 1 amide bonds. The molecule has 1 saturated carbocycles. The first kappa shape index (κ1) is 15.5. The van der Waals surface area contributed by atoms with Gasteiger partial charge < -0.3 is 10.4 Å². The summed E-state index contributed by atoms with van der Waals surface area (Å²) in [7, 11) is 0. The van der Waals surface area contributed by atoms with Crippen LogP contribution in [0.1, 0.15) is 18.4 Å². The van der Waals surface area contributed by atoms with E-state index >= 15 is 0 Å². The lowest BCUT2D eigenvalue weighted by atomic mass is 10.2. The van der Waals surface area contributed by atoms with E-state index in [1.165, 1.54) is 5.56 Å². The molecular weight excluding hydrogens is 282 g/mol. The molecule has 1 unspecified atom stereocenters. The van der Waals surface area contributed by atoms with Gasteiger partial charge in [0.25, 0.3) is 0 Å². The molecule has 1 aromatic heterocycles. The van der Waals surface area contributed by atoms with E-state index in [1.54, 1.807) is 0 Å². The minimum atomic E-state index is -0.402. The fraction of sp³-hybridized carbons (Fsp3) is 0.733. The lowest BCUT2D eigenvalue weighted by Crippen LogP contribution is -2.41. The molecule has 1 aliphatic carbocycles. The predicted octanol–water partition coefficient (Wildman–Crippen LogP) is -0.791. The summed E-state index contributed by atoms with van der Waals surface area (Å²) in [4.78, 5) is 16.2. The lowest BCUT2D eigenvalue weighted by Gasteiger charge is -2.21. The smallest absolute Gasteiger partial charge is 0.234 e. The van der Waals surface area contributed by atoms with Crippen LogP contribution in [0.5, 0.6) is 0 Å². The molecule has 3 N–H and O–H groups in total. The summed E-state index contributed by atoms with van der Waals surface area (Å²) in [6.07, 6.45) is 6.48. The number of H-pyrrole nitrogens is 1. The van der Waals surface area contributed by atoms with Gasteiger partial charge in [0, 0.05) is 45.0 Å². The Morgan fingerprint density at radius 1 is 1.36 bits per heavy atom. The average Bonchev–Trinajstić information content (AvgIpc) is 3.16. The van der Waals surface area contributed by atoms with Gasteiger partial charge in [-0.1, -0.05) is 0 Å². The fourth-order valence-electron chi connectivity index (χ4n) is 2.87. The molecule has 1 saturated heterocycles. The van der Waals surface area contributed by atoms with Crippen molar-refractivity contribution in [2.75, 3.05) is 39.3 Å². The van der Waals surface area contributed by atoms with Crippen LogP contribution in [-0.4, -0.2) is 82.4 Å². The molecule has 2 heterocycles. The van der Waals surface area contributed by atoms with Crippen molar-refractivity contribution in [2.45, 2.75) is 31.4 Å². The Bertz CT molecular complexity index is 474. The van der Waals surface area contributed by atoms with Crippen LogP contribution in [0, 0.1) is 0 Å². The first-order chi connectivity index (χ1) is 10.7. The van der Waals surface area contributed by atoms with E-state index in [1.807, 2.05) is 12.4 Å². The number of aromatic amines is 1. The predicted molar refractivity (Wildman–Crippen MR) is 82.3 cm³/mol. The van der Waals surface area contributed by atoms with Gasteiger partial charge in [-0.3, -0.25) is 19.7 Å². The number of nitrogens with one attached hydrogen (secondary N) is 2. The summed E-state index contributed by atoms with van der Waals surface area (Å²) in [6.45, 7) is 4.23. The van der Waals surface area contributed by atoms with Gasteiger partial charge in [-0.15, -0.1) is 0 Å². The molecule has 22 heavy (non-hydrogen) atoms. The van der Waals surface area contributed by atoms with Gasteiger partial charge in [-0.25, -0.2) is 0 Å². The highest BCUT2D eigenvalue weighted by Gasteiger charge is 2.26. The zero-order valence-corrected chi connectivity index (χ0v) is 12.9. The monoisotopic (exact) mass is 307 g/mol. The second-order valence-corrected chi connectivity index (χ2v) is 6.39. The standard InChI is InChI=1S/C15H25N5O2/c21-14-9-19(4-3-12-7-16-17-8-12)5-6-20(10-14)11-15(22)18-13-1-2-13/h7-8,13-14,21H,1-6,9-11H2,(H,16,17)(H,18,22). The Kier molecular flexibility index (Phi) is 5.07. The molecule has 122 valence electrons. The summed E-state index contributed by atoms with van der Waals surface area (Å²) in [5, 5.41) is 19.9. The van der Waals surface area contributed by atoms with Crippen molar-refractivity contribution in [2.24, 2.45) is 0 Å². The van der Waals surface area contributed by atoms with E-state index in [-0.39, 0.29) is 5.91 Å². The maximum atomic E-state index is 11.9. The van der Waals surface area contributed by atoms with Crippen molar-refractivity contribution in [3.8, 4) is 0 Å². The summed E-state index contributed by atoms with van der Waals surface area (Å²) >= 11 is 0. The third kappa shape index (κ3) is 4.79. The van der Waals surface area contributed by atoms with E-state index in [2.05, 4.69) is 25.3 Å². The van der Waals surface area contributed by atoms with Crippen LogP contribution in [0.15, 0.2) is 12.4 Å². The van der Waals surface area contributed by atoms with E-state index in [0.29, 0.717) is 25.7 Å². The Morgan fingerprint density at radius 2 is 2.14 bits per heavy atom. The summed E-state index contributed by atoms with van der Waals surface area (Å²) in [5.41, 5.74) is 1.18. The van der Waals surface area contributed by atoms with Crippen LogP contribution in [0.25, 0.3) is 0 Å². The zero-order chi connectivity index (χ0) is 15.4.